The number of nitro groups is 1. The van der Waals surface area contributed by atoms with Gasteiger partial charge in [-0.25, -0.2) is 4.39 Å². The van der Waals surface area contributed by atoms with Crippen molar-refractivity contribution in [3.8, 4) is 5.75 Å². The molecular weight excluding hydrogens is 257 g/mol. The summed E-state index contributed by atoms with van der Waals surface area (Å²) in [6.07, 6.45) is -1.39. The van der Waals surface area contributed by atoms with Gasteiger partial charge in [-0.3, -0.25) is 14.9 Å². The second-order valence-electron chi connectivity index (χ2n) is 4.05. The van der Waals surface area contributed by atoms with Crippen molar-refractivity contribution in [1.82, 2.24) is 0 Å². The monoisotopic (exact) mass is 269 g/mol. The number of hydrogen-bond acceptors (Lipinski definition) is 5. The molecule has 1 aromatic rings. The molecule has 102 valence electrons. The van der Waals surface area contributed by atoms with Crippen LogP contribution in [0.5, 0.6) is 5.75 Å². The Bertz CT molecular complexity index is 519. The van der Waals surface area contributed by atoms with Gasteiger partial charge in [-0.1, -0.05) is 6.07 Å². The number of carbonyl (C=O) groups is 1. The standard InChI is InChI=1S/C12H12FNO5/c1-2-18-12-9(15)6-10(12)19-11-7(13)4-3-5-8(11)14(16)17/h3-5,10,12H,2,6H2,1H3. The Morgan fingerprint density at radius 1 is 1.53 bits per heavy atom. The van der Waals surface area contributed by atoms with E-state index in [0.29, 0.717) is 6.61 Å². The Labute approximate surface area is 108 Å². The molecule has 0 heterocycles. The Hall–Kier alpha value is -2.02. The summed E-state index contributed by atoms with van der Waals surface area (Å²) >= 11 is 0. The van der Waals surface area contributed by atoms with Gasteiger partial charge in [0.2, 0.25) is 5.75 Å². The minimum absolute atomic E-state index is 0.0656. The molecule has 6 nitrogen and oxygen atoms in total. The summed E-state index contributed by atoms with van der Waals surface area (Å²) in [5.74, 6) is -1.43. The number of ketones is 1. The minimum Gasteiger partial charge on any atom is -0.478 e. The van der Waals surface area contributed by atoms with Crippen molar-refractivity contribution in [3.63, 3.8) is 0 Å². The number of carbonyl (C=O) groups excluding carboxylic acids is 1. The van der Waals surface area contributed by atoms with Gasteiger partial charge in [0, 0.05) is 19.1 Å². The molecule has 7 heteroatoms. The molecule has 2 atom stereocenters. The first kappa shape index (κ1) is 13.4. The van der Waals surface area contributed by atoms with Crippen molar-refractivity contribution in [3.05, 3.63) is 34.1 Å². The van der Waals surface area contributed by atoms with E-state index in [1.165, 1.54) is 6.07 Å². The summed E-state index contributed by atoms with van der Waals surface area (Å²) in [7, 11) is 0. The fourth-order valence-corrected chi connectivity index (χ4v) is 1.86. The van der Waals surface area contributed by atoms with Crippen molar-refractivity contribution in [2.75, 3.05) is 6.61 Å². The smallest absolute Gasteiger partial charge is 0.314 e. The zero-order valence-corrected chi connectivity index (χ0v) is 10.2. The molecule has 1 aliphatic carbocycles. The zero-order chi connectivity index (χ0) is 14.0. The topological polar surface area (TPSA) is 78.7 Å². The molecule has 1 saturated carbocycles. The zero-order valence-electron chi connectivity index (χ0n) is 10.2. The van der Waals surface area contributed by atoms with Crippen LogP contribution in [0.3, 0.4) is 0 Å². The second kappa shape index (κ2) is 5.31. The lowest BCUT2D eigenvalue weighted by molar-refractivity contribution is -0.386. The largest absolute Gasteiger partial charge is 0.478 e. The van der Waals surface area contributed by atoms with Crippen molar-refractivity contribution < 1.29 is 23.6 Å². The lowest BCUT2D eigenvalue weighted by Crippen LogP contribution is -2.52. The van der Waals surface area contributed by atoms with Gasteiger partial charge >= 0.3 is 5.69 Å². The molecule has 0 saturated heterocycles. The molecule has 2 unspecified atom stereocenters. The highest BCUT2D eigenvalue weighted by molar-refractivity contribution is 5.90. The van der Waals surface area contributed by atoms with Gasteiger partial charge in [0.25, 0.3) is 0 Å². The molecule has 19 heavy (non-hydrogen) atoms. The maximum Gasteiger partial charge on any atom is 0.314 e. The van der Waals surface area contributed by atoms with Crippen LogP contribution in [0.1, 0.15) is 13.3 Å². The van der Waals surface area contributed by atoms with Gasteiger partial charge in [0.15, 0.2) is 17.7 Å². The molecular formula is C12H12FNO5. The molecule has 1 fully saturated rings. The summed E-state index contributed by atoms with van der Waals surface area (Å²) in [4.78, 5) is 21.4. The van der Waals surface area contributed by atoms with E-state index in [9.17, 15) is 19.3 Å². The van der Waals surface area contributed by atoms with Crippen molar-refractivity contribution in [2.45, 2.75) is 25.6 Å². The molecule has 0 bridgehead atoms. The van der Waals surface area contributed by atoms with Gasteiger partial charge in [0.1, 0.15) is 6.10 Å². The first-order chi connectivity index (χ1) is 9.04. The van der Waals surface area contributed by atoms with Crippen LogP contribution >= 0.6 is 0 Å². The normalized spacial score (nSPS) is 21.9. The number of hydrogen-bond donors (Lipinski definition) is 0. The third-order valence-electron chi connectivity index (χ3n) is 2.82. The molecule has 0 aromatic heterocycles. The van der Waals surface area contributed by atoms with Crippen LogP contribution in [0.15, 0.2) is 18.2 Å². The summed E-state index contributed by atoms with van der Waals surface area (Å²) in [6.45, 7) is 2.03. The number of rotatable bonds is 5. The Balaban J connectivity index is 2.20. The lowest BCUT2D eigenvalue weighted by atomic mass is 9.90. The fraction of sp³-hybridized carbons (Fsp3) is 0.417. The van der Waals surface area contributed by atoms with E-state index in [2.05, 4.69) is 0 Å². The van der Waals surface area contributed by atoms with Crippen molar-refractivity contribution in [1.29, 1.82) is 0 Å². The molecule has 0 amide bonds. The highest BCUT2D eigenvalue weighted by Crippen LogP contribution is 2.34. The van der Waals surface area contributed by atoms with E-state index in [4.69, 9.17) is 9.47 Å². The number of nitrogens with zero attached hydrogens (tertiary/aromatic N) is 1. The molecule has 1 aliphatic rings. The van der Waals surface area contributed by atoms with E-state index in [-0.39, 0.29) is 12.2 Å². The minimum atomic E-state index is -0.830. The molecule has 0 aliphatic heterocycles. The first-order valence-corrected chi connectivity index (χ1v) is 5.78. The number of ether oxygens (including phenoxy) is 2. The quantitative estimate of drug-likeness (QED) is 0.602. The maximum atomic E-state index is 13.6. The second-order valence-corrected chi connectivity index (χ2v) is 4.05. The molecule has 2 rings (SSSR count). The number of benzene rings is 1. The Morgan fingerprint density at radius 2 is 2.26 bits per heavy atom. The van der Waals surface area contributed by atoms with E-state index in [1.807, 2.05) is 0 Å². The number of nitro benzene ring substituents is 1. The average Bonchev–Trinajstić information content (AvgIpc) is 2.37. The molecule has 0 radical (unpaired) electrons. The number of para-hydroxylation sites is 1. The number of Topliss-reactive ketones (excluding diaryl/α,β-unsaturated/α-hetero) is 1. The van der Waals surface area contributed by atoms with Crippen LogP contribution in [0, 0.1) is 15.9 Å². The first-order valence-electron chi connectivity index (χ1n) is 5.78. The summed E-state index contributed by atoms with van der Waals surface area (Å²) < 4.78 is 24.0. The molecule has 1 aromatic carbocycles. The van der Waals surface area contributed by atoms with Crippen LogP contribution in [-0.4, -0.2) is 29.5 Å². The predicted molar refractivity (Wildman–Crippen MR) is 62.5 cm³/mol. The summed E-state index contributed by atoms with van der Waals surface area (Å²) in [5, 5.41) is 10.8. The highest BCUT2D eigenvalue weighted by Gasteiger charge is 2.43. The SMILES string of the molecule is CCOC1C(=O)CC1Oc1c(F)cccc1[N+](=O)[O-]. The van der Waals surface area contributed by atoms with Crippen LogP contribution in [0.25, 0.3) is 0 Å². The third kappa shape index (κ3) is 2.55. The fourth-order valence-electron chi connectivity index (χ4n) is 1.86. The Morgan fingerprint density at radius 3 is 2.84 bits per heavy atom. The molecule has 0 N–H and O–H groups in total. The van der Waals surface area contributed by atoms with E-state index >= 15 is 0 Å². The average molecular weight is 269 g/mol. The lowest BCUT2D eigenvalue weighted by Gasteiger charge is -2.34. The predicted octanol–water partition coefficient (Wildman–Crippen LogP) is 1.86. The summed E-state index contributed by atoms with van der Waals surface area (Å²) in [6, 6.07) is 3.44. The van der Waals surface area contributed by atoms with Gasteiger partial charge in [-0.2, -0.15) is 0 Å². The van der Waals surface area contributed by atoms with Gasteiger partial charge in [-0.15, -0.1) is 0 Å². The van der Waals surface area contributed by atoms with Crippen LogP contribution in [-0.2, 0) is 9.53 Å². The summed E-state index contributed by atoms with van der Waals surface area (Å²) in [5.41, 5.74) is -0.463. The van der Waals surface area contributed by atoms with Crippen molar-refractivity contribution in [2.24, 2.45) is 0 Å². The Kier molecular flexibility index (Phi) is 3.75. The van der Waals surface area contributed by atoms with Gasteiger partial charge in [-0.05, 0) is 13.0 Å². The van der Waals surface area contributed by atoms with Gasteiger partial charge < -0.3 is 9.47 Å². The van der Waals surface area contributed by atoms with Crippen LogP contribution in [0.4, 0.5) is 10.1 Å². The van der Waals surface area contributed by atoms with E-state index in [0.717, 1.165) is 12.1 Å². The van der Waals surface area contributed by atoms with Gasteiger partial charge in [0.05, 0.1) is 4.92 Å². The van der Waals surface area contributed by atoms with Crippen molar-refractivity contribution >= 4 is 11.5 Å². The molecule has 0 spiro atoms. The maximum absolute atomic E-state index is 13.6. The highest BCUT2D eigenvalue weighted by atomic mass is 19.1. The van der Waals surface area contributed by atoms with Crippen LogP contribution in [0.2, 0.25) is 0 Å². The third-order valence-corrected chi connectivity index (χ3v) is 2.82. The van der Waals surface area contributed by atoms with E-state index in [1.54, 1.807) is 6.92 Å². The number of halogens is 1. The van der Waals surface area contributed by atoms with E-state index < -0.39 is 34.4 Å². The van der Waals surface area contributed by atoms with Crippen LogP contribution < -0.4 is 4.74 Å².